The monoisotopic (exact) mass is 351 g/mol. The highest BCUT2D eigenvalue weighted by molar-refractivity contribution is 9.10. The molecule has 0 aliphatic heterocycles. The maximum atomic E-state index is 12.6. The average Bonchev–Trinajstić information content (AvgIpc) is 2.82. The van der Waals surface area contributed by atoms with Crippen molar-refractivity contribution in [1.82, 2.24) is 14.2 Å². The Balaban J connectivity index is 2.23. The largest absolute Gasteiger partial charge is 0.283 e. The Morgan fingerprint density at radius 1 is 1.15 bits per heavy atom. The lowest BCUT2D eigenvalue weighted by Gasteiger charge is -2.06. The maximum Gasteiger partial charge on any atom is 0.283 e. The summed E-state index contributed by atoms with van der Waals surface area (Å²) in [7, 11) is -3.71. The van der Waals surface area contributed by atoms with Gasteiger partial charge in [-0.3, -0.25) is 4.98 Å². The van der Waals surface area contributed by atoms with Crippen LogP contribution in [-0.2, 0) is 10.0 Å². The fraction of sp³-hybridized carbons (Fsp3) is 0.0769. The second kappa shape index (κ2) is 4.68. The highest BCUT2D eigenvalue weighted by atomic mass is 79.9. The SMILES string of the molecule is Cc1ccc(S(=O)(=O)n2ncc3ncc(Br)cc32)cc1. The number of aromatic nitrogens is 3. The first-order valence-corrected chi connectivity index (χ1v) is 8.03. The number of hydrogen-bond donors (Lipinski definition) is 0. The molecule has 3 rings (SSSR count). The van der Waals surface area contributed by atoms with Crippen molar-refractivity contribution in [2.45, 2.75) is 11.8 Å². The van der Waals surface area contributed by atoms with Gasteiger partial charge in [0.15, 0.2) is 0 Å². The van der Waals surface area contributed by atoms with Crippen LogP contribution in [0.5, 0.6) is 0 Å². The fourth-order valence-electron chi connectivity index (χ4n) is 1.86. The summed E-state index contributed by atoms with van der Waals surface area (Å²) in [5, 5.41) is 3.95. The van der Waals surface area contributed by atoms with Crippen molar-refractivity contribution in [3.05, 3.63) is 52.8 Å². The highest BCUT2D eigenvalue weighted by Gasteiger charge is 2.20. The van der Waals surface area contributed by atoms with Gasteiger partial charge in [0, 0.05) is 10.7 Å². The summed E-state index contributed by atoms with van der Waals surface area (Å²) in [5.74, 6) is 0. The van der Waals surface area contributed by atoms with Gasteiger partial charge in [0.2, 0.25) is 0 Å². The minimum atomic E-state index is -3.71. The molecule has 0 N–H and O–H groups in total. The minimum Gasteiger partial charge on any atom is -0.252 e. The van der Waals surface area contributed by atoms with E-state index >= 15 is 0 Å². The van der Waals surface area contributed by atoms with Gasteiger partial charge in [0.25, 0.3) is 10.0 Å². The van der Waals surface area contributed by atoms with Gasteiger partial charge in [-0.1, -0.05) is 17.7 Å². The van der Waals surface area contributed by atoms with Crippen molar-refractivity contribution < 1.29 is 8.42 Å². The number of pyridine rings is 1. The van der Waals surface area contributed by atoms with Crippen LogP contribution in [0.25, 0.3) is 11.0 Å². The van der Waals surface area contributed by atoms with E-state index in [2.05, 4.69) is 26.0 Å². The maximum absolute atomic E-state index is 12.6. The normalized spacial score (nSPS) is 11.9. The molecule has 2 aromatic heterocycles. The zero-order valence-electron chi connectivity index (χ0n) is 10.5. The Morgan fingerprint density at radius 3 is 2.55 bits per heavy atom. The first kappa shape index (κ1) is 13.3. The van der Waals surface area contributed by atoms with Crippen molar-refractivity contribution >= 4 is 37.0 Å². The molecular formula is C13H10BrN3O2S. The van der Waals surface area contributed by atoms with Crippen LogP contribution in [0.1, 0.15) is 5.56 Å². The predicted molar refractivity (Wildman–Crippen MR) is 79.0 cm³/mol. The van der Waals surface area contributed by atoms with Crippen molar-refractivity contribution in [2.75, 3.05) is 0 Å². The van der Waals surface area contributed by atoms with E-state index in [0.29, 0.717) is 15.5 Å². The standard InChI is InChI=1S/C13H10BrN3O2S/c1-9-2-4-11(5-3-9)20(18,19)17-13-6-10(14)7-15-12(13)8-16-17/h2-8H,1H3. The molecule has 0 aliphatic carbocycles. The van der Waals surface area contributed by atoms with Crippen molar-refractivity contribution in [3.63, 3.8) is 0 Å². The Kier molecular flexibility index (Phi) is 3.10. The molecule has 0 saturated heterocycles. The number of hydrogen-bond acceptors (Lipinski definition) is 4. The molecule has 0 saturated carbocycles. The van der Waals surface area contributed by atoms with Crippen LogP contribution in [-0.4, -0.2) is 22.6 Å². The number of fused-ring (bicyclic) bond motifs is 1. The topological polar surface area (TPSA) is 64.8 Å². The first-order chi connectivity index (χ1) is 9.48. The smallest absolute Gasteiger partial charge is 0.252 e. The molecule has 3 aromatic rings. The molecule has 5 nitrogen and oxygen atoms in total. The van der Waals surface area contributed by atoms with Gasteiger partial charge < -0.3 is 0 Å². The van der Waals surface area contributed by atoms with Gasteiger partial charge in [0.05, 0.1) is 11.1 Å². The molecule has 0 amide bonds. The molecule has 2 heterocycles. The van der Waals surface area contributed by atoms with E-state index in [1.165, 1.54) is 6.20 Å². The van der Waals surface area contributed by atoms with Gasteiger partial charge in [-0.05, 0) is 41.1 Å². The minimum absolute atomic E-state index is 0.202. The summed E-state index contributed by atoms with van der Waals surface area (Å²) < 4.78 is 26.9. The average molecular weight is 352 g/mol. The number of nitrogens with zero attached hydrogens (tertiary/aromatic N) is 3. The van der Waals surface area contributed by atoms with Crippen molar-refractivity contribution in [1.29, 1.82) is 0 Å². The zero-order valence-corrected chi connectivity index (χ0v) is 12.9. The number of halogens is 1. The van der Waals surface area contributed by atoms with E-state index in [1.807, 2.05) is 6.92 Å². The number of rotatable bonds is 2. The number of aryl methyl sites for hydroxylation is 1. The Hall–Kier alpha value is -1.73. The predicted octanol–water partition coefficient (Wildman–Crippen LogP) is 2.74. The second-order valence-corrected chi connectivity index (χ2v) is 7.05. The second-order valence-electron chi connectivity index (χ2n) is 4.36. The molecule has 102 valence electrons. The third-order valence-electron chi connectivity index (χ3n) is 2.90. The van der Waals surface area contributed by atoms with Crippen LogP contribution in [0.15, 0.2) is 52.1 Å². The lowest BCUT2D eigenvalue weighted by molar-refractivity contribution is 0.582. The molecule has 0 unspecified atom stereocenters. The van der Waals surface area contributed by atoms with E-state index in [9.17, 15) is 8.42 Å². The lowest BCUT2D eigenvalue weighted by Crippen LogP contribution is -2.14. The molecule has 7 heteroatoms. The van der Waals surface area contributed by atoms with Gasteiger partial charge >= 0.3 is 0 Å². The molecule has 0 fully saturated rings. The van der Waals surface area contributed by atoms with E-state index in [0.717, 1.165) is 9.65 Å². The van der Waals surface area contributed by atoms with E-state index in [-0.39, 0.29) is 4.90 Å². The third kappa shape index (κ3) is 2.12. The summed E-state index contributed by atoms with van der Waals surface area (Å²) >= 11 is 3.29. The van der Waals surface area contributed by atoms with Crippen LogP contribution in [0.4, 0.5) is 0 Å². The molecule has 0 radical (unpaired) electrons. The van der Waals surface area contributed by atoms with Crippen LogP contribution >= 0.6 is 15.9 Å². The lowest BCUT2D eigenvalue weighted by atomic mass is 10.2. The summed E-state index contributed by atoms with van der Waals surface area (Å²) in [6, 6.07) is 8.34. The molecule has 0 atom stereocenters. The molecule has 0 spiro atoms. The fourth-order valence-corrected chi connectivity index (χ4v) is 3.44. The summed E-state index contributed by atoms with van der Waals surface area (Å²) in [6.45, 7) is 1.90. The summed E-state index contributed by atoms with van der Waals surface area (Å²) in [6.07, 6.45) is 3.04. The molecular weight excluding hydrogens is 342 g/mol. The Bertz CT molecular complexity index is 886. The van der Waals surface area contributed by atoms with Crippen LogP contribution in [0.3, 0.4) is 0 Å². The van der Waals surface area contributed by atoms with Gasteiger partial charge in [-0.25, -0.2) is 0 Å². The van der Waals surface area contributed by atoms with Crippen molar-refractivity contribution in [3.8, 4) is 0 Å². The third-order valence-corrected chi connectivity index (χ3v) is 4.95. The summed E-state index contributed by atoms with van der Waals surface area (Å²) in [5.41, 5.74) is 1.97. The molecule has 20 heavy (non-hydrogen) atoms. The van der Waals surface area contributed by atoms with E-state index < -0.39 is 10.0 Å². The van der Waals surface area contributed by atoms with Crippen LogP contribution in [0, 0.1) is 6.92 Å². The van der Waals surface area contributed by atoms with E-state index in [1.54, 1.807) is 36.5 Å². The van der Waals surface area contributed by atoms with Crippen molar-refractivity contribution in [2.24, 2.45) is 0 Å². The quantitative estimate of drug-likeness (QED) is 0.711. The summed E-state index contributed by atoms with van der Waals surface area (Å²) in [4.78, 5) is 4.33. The molecule has 0 aliphatic rings. The van der Waals surface area contributed by atoms with E-state index in [4.69, 9.17) is 0 Å². The van der Waals surface area contributed by atoms with Gasteiger partial charge in [-0.15, -0.1) is 0 Å². The Morgan fingerprint density at radius 2 is 1.85 bits per heavy atom. The van der Waals surface area contributed by atoms with Gasteiger partial charge in [-0.2, -0.15) is 17.6 Å². The zero-order chi connectivity index (χ0) is 14.3. The number of benzene rings is 1. The Labute approximate surface area is 124 Å². The molecule has 0 bridgehead atoms. The first-order valence-electron chi connectivity index (χ1n) is 5.80. The molecule has 1 aromatic carbocycles. The highest BCUT2D eigenvalue weighted by Crippen LogP contribution is 2.21. The van der Waals surface area contributed by atoms with Crippen LogP contribution < -0.4 is 0 Å². The van der Waals surface area contributed by atoms with Crippen LogP contribution in [0.2, 0.25) is 0 Å². The van der Waals surface area contributed by atoms with Gasteiger partial charge in [0.1, 0.15) is 11.0 Å².